The molecule has 1 aliphatic heterocycles. The van der Waals surface area contributed by atoms with Gasteiger partial charge >= 0.3 is 0 Å². The van der Waals surface area contributed by atoms with Gasteiger partial charge in [0, 0.05) is 39.0 Å². The molecular weight excluding hydrogens is 254 g/mol. The SMILES string of the molecule is CCC(=O)N1CCCN(C(=O)CCC(C)CCN)CC1. The van der Waals surface area contributed by atoms with Gasteiger partial charge in [-0.25, -0.2) is 0 Å². The lowest BCUT2D eigenvalue weighted by Gasteiger charge is -2.22. The van der Waals surface area contributed by atoms with Crippen LogP contribution in [0.1, 0.15) is 46.0 Å². The molecule has 20 heavy (non-hydrogen) atoms. The molecule has 1 unspecified atom stereocenters. The smallest absolute Gasteiger partial charge is 0.222 e. The number of hydrogen-bond acceptors (Lipinski definition) is 3. The van der Waals surface area contributed by atoms with Crippen molar-refractivity contribution in [2.75, 3.05) is 32.7 Å². The summed E-state index contributed by atoms with van der Waals surface area (Å²) >= 11 is 0. The zero-order chi connectivity index (χ0) is 15.0. The molecule has 0 saturated carbocycles. The van der Waals surface area contributed by atoms with E-state index in [1.165, 1.54) is 0 Å². The minimum Gasteiger partial charge on any atom is -0.341 e. The molecule has 1 rings (SSSR count). The van der Waals surface area contributed by atoms with Crippen molar-refractivity contribution < 1.29 is 9.59 Å². The summed E-state index contributed by atoms with van der Waals surface area (Å²) in [5, 5.41) is 0. The van der Waals surface area contributed by atoms with Crippen LogP contribution in [0.2, 0.25) is 0 Å². The molecule has 0 spiro atoms. The molecule has 0 aliphatic carbocycles. The highest BCUT2D eigenvalue weighted by Crippen LogP contribution is 2.12. The molecule has 1 fully saturated rings. The first-order valence-corrected chi connectivity index (χ1v) is 7.84. The maximum absolute atomic E-state index is 12.2. The molecule has 116 valence electrons. The van der Waals surface area contributed by atoms with E-state index >= 15 is 0 Å². The Morgan fingerprint density at radius 2 is 1.65 bits per heavy atom. The second-order valence-corrected chi connectivity index (χ2v) is 5.69. The number of nitrogens with two attached hydrogens (primary N) is 1. The minimum absolute atomic E-state index is 0.191. The Hall–Kier alpha value is -1.10. The Balaban J connectivity index is 2.36. The van der Waals surface area contributed by atoms with Crippen molar-refractivity contribution in [1.82, 2.24) is 9.80 Å². The number of amides is 2. The highest BCUT2D eigenvalue weighted by atomic mass is 16.2. The Kier molecular flexibility index (Phi) is 7.59. The first-order chi connectivity index (χ1) is 9.58. The molecule has 2 amide bonds. The van der Waals surface area contributed by atoms with Crippen LogP contribution in [0.3, 0.4) is 0 Å². The monoisotopic (exact) mass is 283 g/mol. The fourth-order valence-corrected chi connectivity index (χ4v) is 2.60. The van der Waals surface area contributed by atoms with E-state index < -0.39 is 0 Å². The number of nitrogens with zero attached hydrogens (tertiary/aromatic N) is 2. The van der Waals surface area contributed by atoms with Crippen molar-refractivity contribution in [3.8, 4) is 0 Å². The first kappa shape index (κ1) is 17.0. The molecular formula is C15H29N3O2. The Morgan fingerprint density at radius 3 is 2.20 bits per heavy atom. The van der Waals surface area contributed by atoms with Gasteiger partial charge in [0.2, 0.25) is 11.8 Å². The van der Waals surface area contributed by atoms with Crippen LogP contribution in [0.25, 0.3) is 0 Å². The average molecular weight is 283 g/mol. The largest absolute Gasteiger partial charge is 0.341 e. The third kappa shape index (κ3) is 5.49. The maximum Gasteiger partial charge on any atom is 0.222 e. The molecule has 1 aliphatic rings. The van der Waals surface area contributed by atoms with Gasteiger partial charge in [0.25, 0.3) is 0 Å². The van der Waals surface area contributed by atoms with Crippen LogP contribution in [0.15, 0.2) is 0 Å². The summed E-state index contributed by atoms with van der Waals surface area (Å²) in [6.07, 6.45) is 3.92. The van der Waals surface area contributed by atoms with E-state index in [0.29, 0.717) is 38.4 Å². The number of rotatable bonds is 6. The standard InChI is InChI=1S/C15H29N3O2/c1-3-14(19)17-9-4-10-18(12-11-17)15(20)6-5-13(2)7-8-16/h13H,3-12,16H2,1-2H3. The summed E-state index contributed by atoms with van der Waals surface area (Å²) in [6, 6.07) is 0. The van der Waals surface area contributed by atoms with Gasteiger partial charge in [-0.05, 0) is 31.7 Å². The number of carbonyl (C=O) groups excluding carboxylic acids is 2. The van der Waals surface area contributed by atoms with E-state index in [4.69, 9.17) is 5.73 Å². The van der Waals surface area contributed by atoms with Crippen molar-refractivity contribution in [1.29, 1.82) is 0 Å². The topological polar surface area (TPSA) is 66.6 Å². The van der Waals surface area contributed by atoms with Crippen LogP contribution in [0, 0.1) is 5.92 Å². The molecule has 1 heterocycles. The molecule has 5 heteroatoms. The van der Waals surface area contributed by atoms with Gasteiger partial charge in [0.05, 0.1) is 0 Å². The van der Waals surface area contributed by atoms with Crippen LogP contribution in [-0.4, -0.2) is 54.3 Å². The third-order valence-corrected chi connectivity index (χ3v) is 4.01. The summed E-state index contributed by atoms with van der Waals surface area (Å²) in [5.74, 6) is 0.921. The van der Waals surface area contributed by atoms with Crippen LogP contribution in [0.4, 0.5) is 0 Å². The van der Waals surface area contributed by atoms with Crippen LogP contribution >= 0.6 is 0 Å². The highest BCUT2D eigenvalue weighted by Gasteiger charge is 2.21. The molecule has 0 aromatic heterocycles. The van der Waals surface area contributed by atoms with E-state index in [0.717, 1.165) is 32.4 Å². The molecule has 0 aromatic rings. The number of hydrogen-bond donors (Lipinski definition) is 1. The molecule has 2 N–H and O–H groups in total. The predicted molar refractivity (Wildman–Crippen MR) is 80.1 cm³/mol. The molecule has 1 atom stereocenters. The van der Waals surface area contributed by atoms with Gasteiger partial charge in [-0.2, -0.15) is 0 Å². The van der Waals surface area contributed by atoms with E-state index in [2.05, 4.69) is 6.92 Å². The van der Waals surface area contributed by atoms with Crippen LogP contribution in [-0.2, 0) is 9.59 Å². The Morgan fingerprint density at radius 1 is 1.05 bits per heavy atom. The summed E-state index contributed by atoms with van der Waals surface area (Å²) in [4.78, 5) is 27.7. The van der Waals surface area contributed by atoms with E-state index in [1.54, 1.807) is 0 Å². The van der Waals surface area contributed by atoms with Crippen LogP contribution < -0.4 is 5.73 Å². The van der Waals surface area contributed by atoms with E-state index in [-0.39, 0.29) is 11.8 Å². The van der Waals surface area contributed by atoms with E-state index in [9.17, 15) is 9.59 Å². The highest BCUT2D eigenvalue weighted by molar-refractivity contribution is 5.77. The van der Waals surface area contributed by atoms with Crippen molar-refractivity contribution in [3.05, 3.63) is 0 Å². The summed E-state index contributed by atoms with van der Waals surface area (Å²) < 4.78 is 0. The molecule has 1 saturated heterocycles. The van der Waals surface area contributed by atoms with Gasteiger partial charge < -0.3 is 15.5 Å². The lowest BCUT2D eigenvalue weighted by atomic mass is 10.0. The maximum atomic E-state index is 12.2. The Labute approximate surface area is 122 Å². The quantitative estimate of drug-likeness (QED) is 0.797. The van der Waals surface area contributed by atoms with Gasteiger partial charge in [0.1, 0.15) is 0 Å². The molecule has 5 nitrogen and oxygen atoms in total. The van der Waals surface area contributed by atoms with Crippen molar-refractivity contribution in [3.63, 3.8) is 0 Å². The van der Waals surface area contributed by atoms with Crippen molar-refractivity contribution in [2.24, 2.45) is 11.7 Å². The second-order valence-electron chi connectivity index (χ2n) is 5.69. The van der Waals surface area contributed by atoms with E-state index in [1.807, 2.05) is 16.7 Å². The minimum atomic E-state index is 0.191. The van der Waals surface area contributed by atoms with Gasteiger partial charge in [0.15, 0.2) is 0 Å². The summed E-state index contributed by atoms with van der Waals surface area (Å²) in [5.41, 5.74) is 5.52. The summed E-state index contributed by atoms with van der Waals surface area (Å²) in [7, 11) is 0. The predicted octanol–water partition coefficient (Wildman–Crippen LogP) is 1.22. The second kappa shape index (κ2) is 8.95. The third-order valence-electron chi connectivity index (χ3n) is 4.01. The normalized spacial score (nSPS) is 17.8. The van der Waals surface area contributed by atoms with Gasteiger partial charge in [-0.15, -0.1) is 0 Å². The van der Waals surface area contributed by atoms with Crippen LogP contribution in [0.5, 0.6) is 0 Å². The number of carbonyl (C=O) groups is 2. The van der Waals surface area contributed by atoms with Crippen molar-refractivity contribution >= 4 is 11.8 Å². The Bertz CT molecular complexity index is 320. The molecule has 0 radical (unpaired) electrons. The first-order valence-electron chi connectivity index (χ1n) is 7.84. The van der Waals surface area contributed by atoms with Gasteiger partial charge in [-0.1, -0.05) is 13.8 Å². The molecule has 0 bridgehead atoms. The summed E-state index contributed by atoms with van der Waals surface area (Å²) in [6.45, 7) is 7.62. The van der Waals surface area contributed by atoms with Gasteiger partial charge in [-0.3, -0.25) is 9.59 Å². The lowest BCUT2D eigenvalue weighted by molar-refractivity contribution is -0.133. The fourth-order valence-electron chi connectivity index (χ4n) is 2.60. The van der Waals surface area contributed by atoms with Crippen molar-refractivity contribution in [2.45, 2.75) is 46.0 Å². The zero-order valence-electron chi connectivity index (χ0n) is 12.9. The lowest BCUT2D eigenvalue weighted by Crippen LogP contribution is -2.37. The molecule has 0 aromatic carbocycles. The fraction of sp³-hybridized carbons (Fsp3) is 0.867. The average Bonchev–Trinajstić information content (AvgIpc) is 2.70. The zero-order valence-corrected chi connectivity index (χ0v) is 12.9.